The predicted molar refractivity (Wildman–Crippen MR) is 121 cm³/mol. The van der Waals surface area contributed by atoms with Crippen LogP contribution in [0.2, 0.25) is 0 Å². The molecule has 1 aliphatic heterocycles. The fourth-order valence-corrected chi connectivity index (χ4v) is 4.75. The summed E-state index contributed by atoms with van der Waals surface area (Å²) in [6.07, 6.45) is 8.26. The van der Waals surface area contributed by atoms with Gasteiger partial charge in [0.1, 0.15) is 5.82 Å². The van der Waals surface area contributed by atoms with Crippen molar-refractivity contribution in [2.75, 3.05) is 31.1 Å². The summed E-state index contributed by atoms with van der Waals surface area (Å²) in [4.78, 5) is 19.3. The number of aryl methyl sites for hydroxylation is 1. The third kappa shape index (κ3) is 3.94. The molecular formula is C25H29N5. The number of pyridine rings is 1. The molecule has 2 aromatic heterocycles. The number of nitrogens with zero attached hydrogens (tertiary/aromatic N) is 5. The molecular weight excluding hydrogens is 370 g/mol. The highest BCUT2D eigenvalue weighted by Crippen LogP contribution is 2.32. The van der Waals surface area contributed by atoms with Crippen LogP contribution in [0.5, 0.6) is 0 Å². The van der Waals surface area contributed by atoms with Crippen LogP contribution in [0.25, 0.3) is 11.4 Å². The SMILES string of the molecule is C[C@@H](Cc1cccnc1)N1CCN(c2nc(-c3ccccc3)nc3c2CCC3)CC1. The maximum absolute atomic E-state index is 5.06. The maximum atomic E-state index is 5.06. The molecule has 0 spiro atoms. The molecule has 3 aromatic rings. The van der Waals surface area contributed by atoms with Crippen molar-refractivity contribution in [1.82, 2.24) is 19.9 Å². The highest BCUT2D eigenvalue weighted by Gasteiger charge is 2.27. The molecule has 0 radical (unpaired) electrons. The van der Waals surface area contributed by atoms with E-state index >= 15 is 0 Å². The van der Waals surface area contributed by atoms with Gasteiger partial charge in [0, 0.05) is 61.4 Å². The Hall–Kier alpha value is -2.79. The van der Waals surface area contributed by atoms with Crippen molar-refractivity contribution in [3.05, 3.63) is 71.7 Å². The molecule has 5 nitrogen and oxygen atoms in total. The van der Waals surface area contributed by atoms with E-state index in [-0.39, 0.29) is 0 Å². The highest BCUT2D eigenvalue weighted by molar-refractivity contribution is 5.61. The van der Waals surface area contributed by atoms with Gasteiger partial charge in [-0.3, -0.25) is 9.88 Å². The van der Waals surface area contributed by atoms with Gasteiger partial charge in [-0.05, 0) is 44.2 Å². The van der Waals surface area contributed by atoms with Crippen molar-refractivity contribution in [1.29, 1.82) is 0 Å². The van der Waals surface area contributed by atoms with Gasteiger partial charge in [0.05, 0.1) is 0 Å². The summed E-state index contributed by atoms with van der Waals surface area (Å²) < 4.78 is 0. The average molecular weight is 400 g/mol. The molecule has 0 N–H and O–H groups in total. The number of aromatic nitrogens is 3. The smallest absolute Gasteiger partial charge is 0.161 e. The summed E-state index contributed by atoms with van der Waals surface area (Å²) in [5.74, 6) is 2.05. The van der Waals surface area contributed by atoms with Crippen molar-refractivity contribution < 1.29 is 0 Å². The molecule has 2 aliphatic rings. The number of hydrogen-bond acceptors (Lipinski definition) is 5. The zero-order valence-corrected chi connectivity index (χ0v) is 17.7. The van der Waals surface area contributed by atoms with Crippen LogP contribution < -0.4 is 4.90 Å². The van der Waals surface area contributed by atoms with E-state index < -0.39 is 0 Å². The lowest BCUT2D eigenvalue weighted by atomic mass is 10.1. The maximum Gasteiger partial charge on any atom is 0.161 e. The van der Waals surface area contributed by atoms with Gasteiger partial charge in [0.15, 0.2) is 5.82 Å². The fourth-order valence-electron chi connectivity index (χ4n) is 4.75. The monoisotopic (exact) mass is 399 g/mol. The van der Waals surface area contributed by atoms with Crippen LogP contribution in [0.4, 0.5) is 5.82 Å². The van der Waals surface area contributed by atoms with E-state index in [2.05, 4.69) is 52.0 Å². The number of benzene rings is 1. The van der Waals surface area contributed by atoms with E-state index in [1.807, 2.05) is 24.5 Å². The average Bonchev–Trinajstić information content (AvgIpc) is 3.29. The van der Waals surface area contributed by atoms with Crippen LogP contribution in [-0.4, -0.2) is 52.1 Å². The molecule has 0 saturated carbocycles. The van der Waals surface area contributed by atoms with Crippen molar-refractivity contribution >= 4 is 5.82 Å². The molecule has 1 atom stereocenters. The summed E-state index contributed by atoms with van der Waals surface area (Å²) >= 11 is 0. The molecule has 0 unspecified atom stereocenters. The van der Waals surface area contributed by atoms with E-state index in [0.717, 1.165) is 56.8 Å². The standard InChI is InChI=1S/C25H29N5/c1-19(17-20-7-6-12-26-18-20)29-13-15-30(16-14-29)25-22-10-5-11-23(22)27-24(28-25)21-8-3-2-4-9-21/h2-4,6-9,12,18-19H,5,10-11,13-17H2,1H3/t19-/m0/s1. The summed E-state index contributed by atoms with van der Waals surface area (Å²) in [7, 11) is 0. The second kappa shape index (κ2) is 8.52. The van der Waals surface area contributed by atoms with E-state index in [9.17, 15) is 0 Å². The topological polar surface area (TPSA) is 45.2 Å². The number of hydrogen-bond donors (Lipinski definition) is 0. The van der Waals surface area contributed by atoms with Crippen LogP contribution in [0.3, 0.4) is 0 Å². The summed E-state index contributed by atoms with van der Waals surface area (Å²) in [5, 5.41) is 0. The number of anilines is 1. The predicted octanol–water partition coefficient (Wildman–Crippen LogP) is 3.78. The van der Waals surface area contributed by atoms with Crippen LogP contribution >= 0.6 is 0 Å². The van der Waals surface area contributed by atoms with E-state index in [1.54, 1.807) is 0 Å². The Morgan fingerprint density at radius 1 is 0.933 bits per heavy atom. The highest BCUT2D eigenvalue weighted by atomic mass is 15.3. The van der Waals surface area contributed by atoms with Crippen LogP contribution in [0, 0.1) is 0 Å². The lowest BCUT2D eigenvalue weighted by Gasteiger charge is -2.39. The van der Waals surface area contributed by atoms with Gasteiger partial charge in [0.2, 0.25) is 0 Å². The molecule has 0 amide bonds. The van der Waals surface area contributed by atoms with Gasteiger partial charge in [-0.15, -0.1) is 0 Å². The molecule has 5 rings (SSSR count). The molecule has 154 valence electrons. The first-order valence-corrected chi connectivity index (χ1v) is 11.1. The second-order valence-electron chi connectivity index (χ2n) is 8.45. The molecule has 1 aliphatic carbocycles. The first-order valence-electron chi connectivity index (χ1n) is 11.1. The molecule has 1 aromatic carbocycles. The number of rotatable bonds is 5. The third-order valence-corrected chi connectivity index (χ3v) is 6.43. The second-order valence-corrected chi connectivity index (χ2v) is 8.45. The lowest BCUT2D eigenvalue weighted by Crippen LogP contribution is -2.50. The normalized spacial score (nSPS) is 17.7. The van der Waals surface area contributed by atoms with Crippen molar-refractivity contribution in [3.63, 3.8) is 0 Å². The molecule has 5 heteroatoms. The Balaban J connectivity index is 1.32. The summed E-state index contributed by atoms with van der Waals surface area (Å²) in [6.45, 7) is 6.52. The Kier molecular flexibility index (Phi) is 5.45. The van der Waals surface area contributed by atoms with E-state index in [0.29, 0.717) is 6.04 Å². The Bertz CT molecular complexity index is 981. The molecule has 0 bridgehead atoms. The number of fused-ring (bicyclic) bond motifs is 1. The summed E-state index contributed by atoms with van der Waals surface area (Å²) in [6, 6.07) is 15.1. The van der Waals surface area contributed by atoms with Gasteiger partial charge in [-0.25, -0.2) is 9.97 Å². The Labute approximate surface area is 178 Å². The van der Waals surface area contributed by atoms with Gasteiger partial charge in [-0.2, -0.15) is 0 Å². The van der Waals surface area contributed by atoms with Gasteiger partial charge in [-0.1, -0.05) is 36.4 Å². The lowest BCUT2D eigenvalue weighted by molar-refractivity contribution is 0.195. The minimum Gasteiger partial charge on any atom is -0.354 e. The van der Waals surface area contributed by atoms with Gasteiger partial charge >= 0.3 is 0 Å². The van der Waals surface area contributed by atoms with E-state index in [4.69, 9.17) is 9.97 Å². The fraction of sp³-hybridized carbons (Fsp3) is 0.400. The Morgan fingerprint density at radius 3 is 2.53 bits per heavy atom. The largest absolute Gasteiger partial charge is 0.354 e. The van der Waals surface area contributed by atoms with Crippen molar-refractivity contribution in [2.45, 2.75) is 38.6 Å². The molecule has 1 saturated heterocycles. The summed E-state index contributed by atoms with van der Waals surface area (Å²) in [5.41, 5.74) is 5.06. The van der Waals surface area contributed by atoms with Gasteiger partial charge in [0.25, 0.3) is 0 Å². The van der Waals surface area contributed by atoms with Crippen molar-refractivity contribution in [2.24, 2.45) is 0 Å². The quantitative estimate of drug-likeness (QED) is 0.653. The third-order valence-electron chi connectivity index (χ3n) is 6.43. The zero-order valence-electron chi connectivity index (χ0n) is 17.7. The van der Waals surface area contributed by atoms with E-state index in [1.165, 1.54) is 29.1 Å². The molecule has 1 fully saturated rings. The van der Waals surface area contributed by atoms with Crippen LogP contribution in [0.1, 0.15) is 30.2 Å². The van der Waals surface area contributed by atoms with Crippen molar-refractivity contribution in [3.8, 4) is 11.4 Å². The minimum atomic E-state index is 0.521. The minimum absolute atomic E-state index is 0.521. The number of piperazine rings is 1. The van der Waals surface area contributed by atoms with Gasteiger partial charge < -0.3 is 4.90 Å². The Morgan fingerprint density at radius 2 is 1.77 bits per heavy atom. The first-order chi connectivity index (χ1) is 14.8. The zero-order chi connectivity index (χ0) is 20.3. The van der Waals surface area contributed by atoms with Crippen LogP contribution in [0.15, 0.2) is 54.9 Å². The molecule has 30 heavy (non-hydrogen) atoms. The van der Waals surface area contributed by atoms with Crippen LogP contribution in [-0.2, 0) is 19.3 Å². The molecule has 3 heterocycles. The first kappa shape index (κ1) is 19.2.